The summed E-state index contributed by atoms with van der Waals surface area (Å²) in [5.41, 5.74) is 3.24. The van der Waals surface area contributed by atoms with Crippen molar-refractivity contribution in [2.45, 2.75) is 19.4 Å². The molecule has 1 aliphatic heterocycles. The fourth-order valence-electron chi connectivity index (χ4n) is 3.46. The Morgan fingerprint density at radius 3 is 2.82 bits per heavy atom. The topological polar surface area (TPSA) is 67.3 Å². The van der Waals surface area contributed by atoms with Crippen molar-refractivity contribution in [2.24, 2.45) is 0 Å². The number of rotatable bonds is 4. The van der Waals surface area contributed by atoms with E-state index in [1.54, 1.807) is 31.4 Å². The third kappa shape index (κ3) is 3.39. The summed E-state index contributed by atoms with van der Waals surface area (Å²) in [6.45, 7) is 2.14. The van der Waals surface area contributed by atoms with Gasteiger partial charge in [0.25, 0.3) is 5.91 Å². The van der Waals surface area contributed by atoms with Gasteiger partial charge in [-0.2, -0.15) is 0 Å². The second-order valence-electron chi connectivity index (χ2n) is 6.62. The van der Waals surface area contributed by atoms with Crippen molar-refractivity contribution < 1.29 is 9.53 Å². The van der Waals surface area contributed by atoms with E-state index in [1.807, 2.05) is 12.1 Å². The molecule has 0 spiro atoms. The Morgan fingerprint density at radius 1 is 1.21 bits per heavy atom. The van der Waals surface area contributed by atoms with Crippen molar-refractivity contribution in [3.63, 3.8) is 0 Å². The SMILES string of the molecule is COc1ccc(NC(=O)c2cc(N3c4ccccc4CC3C)ncn2)cc1Cl. The number of anilines is 3. The van der Waals surface area contributed by atoms with E-state index in [0.717, 1.165) is 12.1 Å². The summed E-state index contributed by atoms with van der Waals surface area (Å²) in [4.78, 5) is 23.3. The monoisotopic (exact) mass is 394 g/mol. The fraction of sp³-hybridized carbons (Fsp3) is 0.190. The van der Waals surface area contributed by atoms with Crippen LogP contribution < -0.4 is 15.0 Å². The second kappa shape index (κ2) is 7.48. The van der Waals surface area contributed by atoms with Gasteiger partial charge in [0.1, 0.15) is 23.6 Å². The number of ether oxygens (including phenoxy) is 1. The summed E-state index contributed by atoms with van der Waals surface area (Å²) in [7, 11) is 1.54. The minimum absolute atomic E-state index is 0.253. The van der Waals surface area contributed by atoms with Gasteiger partial charge in [-0.15, -0.1) is 0 Å². The molecular weight excluding hydrogens is 376 g/mol. The molecule has 1 atom stereocenters. The quantitative estimate of drug-likeness (QED) is 0.707. The summed E-state index contributed by atoms with van der Waals surface area (Å²) < 4.78 is 5.13. The van der Waals surface area contributed by atoms with Crippen LogP contribution in [0.3, 0.4) is 0 Å². The van der Waals surface area contributed by atoms with Gasteiger partial charge >= 0.3 is 0 Å². The van der Waals surface area contributed by atoms with E-state index in [4.69, 9.17) is 16.3 Å². The minimum atomic E-state index is -0.329. The Bertz CT molecular complexity index is 1040. The lowest BCUT2D eigenvalue weighted by Crippen LogP contribution is -2.25. The molecule has 28 heavy (non-hydrogen) atoms. The summed E-state index contributed by atoms with van der Waals surface area (Å²) in [5.74, 6) is 0.918. The van der Waals surface area contributed by atoms with Gasteiger partial charge in [0.2, 0.25) is 0 Å². The Kier molecular flexibility index (Phi) is 4.88. The fourth-order valence-corrected chi connectivity index (χ4v) is 3.71. The lowest BCUT2D eigenvalue weighted by atomic mass is 10.1. The first-order chi connectivity index (χ1) is 13.6. The number of amides is 1. The number of para-hydroxylation sites is 1. The number of benzene rings is 2. The first-order valence-corrected chi connectivity index (χ1v) is 9.28. The van der Waals surface area contributed by atoms with Crippen LogP contribution in [0.25, 0.3) is 0 Å². The molecule has 2 aromatic carbocycles. The Morgan fingerprint density at radius 2 is 2.04 bits per heavy atom. The van der Waals surface area contributed by atoms with Crippen LogP contribution in [0, 0.1) is 0 Å². The standard InChI is InChI=1S/C21H19ClN4O2/c1-13-9-14-5-3-4-6-18(14)26(13)20-11-17(23-12-24-20)21(27)25-15-7-8-19(28-2)16(22)10-15/h3-8,10-13H,9H2,1-2H3,(H,25,27). The average molecular weight is 395 g/mol. The zero-order chi connectivity index (χ0) is 19.7. The molecule has 0 aliphatic carbocycles. The number of hydrogen-bond donors (Lipinski definition) is 1. The molecule has 4 rings (SSSR count). The Labute approximate surface area is 168 Å². The van der Waals surface area contributed by atoms with E-state index in [1.165, 1.54) is 11.9 Å². The largest absolute Gasteiger partial charge is 0.495 e. The minimum Gasteiger partial charge on any atom is -0.495 e. The third-order valence-corrected chi connectivity index (χ3v) is 5.04. The third-order valence-electron chi connectivity index (χ3n) is 4.75. The number of fused-ring (bicyclic) bond motifs is 1. The maximum absolute atomic E-state index is 12.7. The zero-order valence-corrected chi connectivity index (χ0v) is 16.3. The highest BCUT2D eigenvalue weighted by atomic mass is 35.5. The molecule has 142 valence electrons. The number of methoxy groups -OCH3 is 1. The van der Waals surface area contributed by atoms with Gasteiger partial charge in [-0.05, 0) is 43.2 Å². The molecule has 1 N–H and O–H groups in total. The normalized spacial score (nSPS) is 15.2. The predicted molar refractivity (Wildman–Crippen MR) is 110 cm³/mol. The van der Waals surface area contributed by atoms with Crippen LogP contribution in [-0.4, -0.2) is 29.0 Å². The Balaban J connectivity index is 1.59. The summed E-state index contributed by atoms with van der Waals surface area (Å²) in [6.07, 6.45) is 2.35. The van der Waals surface area contributed by atoms with Gasteiger partial charge in [0, 0.05) is 23.5 Å². The smallest absolute Gasteiger partial charge is 0.274 e. The highest BCUT2D eigenvalue weighted by molar-refractivity contribution is 6.32. The van der Waals surface area contributed by atoms with Crippen LogP contribution in [0.5, 0.6) is 5.75 Å². The molecule has 2 heterocycles. The van der Waals surface area contributed by atoms with E-state index >= 15 is 0 Å². The van der Waals surface area contributed by atoms with Crippen molar-refractivity contribution in [3.8, 4) is 5.75 Å². The van der Waals surface area contributed by atoms with Gasteiger partial charge in [-0.3, -0.25) is 4.79 Å². The lowest BCUT2D eigenvalue weighted by Gasteiger charge is -2.23. The molecule has 0 saturated carbocycles. The first-order valence-electron chi connectivity index (χ1n) is 8.91. The van der Waals surface area contributed by atoms with Crippen LogP contribution in [0.4, 0.5) is 17.2 Å². The molecule has 7 heteroatoms. The van der Waals surface area contributed by atoms with Crippen LogP contribution >= 0.6 is 11.6 Å². The summed E-state index contributed by atoms with van der Waals surface area (Å²) >= 11 is 6.13. The lowest BCUT2D eigenvalue weighted by molar-refractivity contribution is 0.102. The number of nitrogens with one attached hydrogen (secondary N) is 1. The Hall–Kier alpha value is -3.12. The van der Waals surface area contributed by atoms with Gasteiger partial charge in [-0.25, -0.2) is 9.97 Å². The van der Waals surface area contributed by atoms with Gasteiger partial charge in [0.05, 0.1) is 12.1 Å². The van der Waals surface area contributed by atoms with E-state index < -0.39 is 0 Å². The summed E-state index contributed by atoms with van der Waals surface area (Å²) in [6, 6.07) is 15.3. The van der Waals surface area contributed by atoms with Gasteiger partial charge < -0.3 is 15.0 Å². The van der Waals surface area contributed by atoms with E-state index in [-0.39, 0.29) is 17.6 Å². The number of hydrogen-bond acceptors (Lipinski definition) is 5. The van der Waals surface area contributed by atoms with E-state index in [2.05, 4.69) is 39.2 Å². The number of aromatic nitrogens is 2. The molecule has 0 bridgehead atoms. The zero-order valence-electron chi connectivity index (χ0n) is 15.5. The summed E-state index contributed by atoms with van der Waals surface area (Å²) in [5, 5.41) is 3.23. The molecule has 1 unspecified atom stereocenters. The van der Waals surface area contributed by atoms with E-state index in [0.29, 0.717) is 22.3 Å². The van der Waals surface area contributed by atoms with Crippen LogP contribution in [0.1, 0.15) is 23.0 Å². The molecular formula is C21H19ClN4O2. The van der Waals surface area contributed by atoms with E-state index in [9.17, 15) is 4.79 Å². The molecule has 0 saturated heterocycles. The van der Waals surface area contributed by atoms with Crippen molar-refractivity contribution in [2.75, 3.05) is 17.3 Å². The highest BCUT2D eigenvalue weighted by Gasteiger charge is 2.28. The van der Waals surface area contributed by atoms with Crippen molar-refractivity contribution in [1.29, 1.82) is 0 Å². The maximum Gasteiger partial charge on any atom is 0.274 e. The van der Waals surface area contributed by atoms with Gasteiger partial charge in [0.15, 0.2) is 0 Å². The molecule has 1 aliphatic rings. The number of halogens is 1. The maximum atomic E-state index is 12.7. The van der Waals surface area contributed by atoms with Crippen molar-refractivity contribution >= 4 is 34.7 Å². The first kappa shape index (κ1) is 18.3. The molecule has 3 aromatic rings. The predicted octanol–water partition coefficient (Wildman–Crippen LogP) is 4.47. The molecule has 6 nitrogen and oxygen atoms in total. The number of carbonyl (C=O) groups is 1. The molecule has 1 aromatic heterocycles. The number of nitrogens with zero attached hydrogens (tertiary/aromatic N) is 3. The van der Waals surface area contributed by atoms with Crippen molar-refractivity contribution in [3.05, 3.63) is 71.1 Å². The molecule has 0 fully saturated rings. The van der Waals surface area contributed by atoms with Gasteiger partial charge in [-0.1, -0.05) is 29.8 Å². The average Bonchev–Trinajstić information content (AvgIpc) is 3.04. The molecule has 0 radical (unpaired) electrons. The molecule has 1 amide bonds. The number of carbonyl (C=O) groups excluding carboxylic acids is 1. The highest BCUT2D eigenvalue weighted by Crippen LogP contribution is 2.37. The second-order valence-corrected chi connectivity index (χ2v) is 7.02. The van der Waals surface area contributed by atoms with Crippen LogP contribution in [0.2, 0.25) is 5.02 Å². The van der Waals surface area contributed by atoms with Crippen molar-refractivity contribution in [1.82, 2.24) is 9.97 Å². The van der Waals surface area contributed by atoms with Crippen LogP contribution in [0.15, 0.2) is 54.9 Å². The van der Waals surface area contributed by atoms with Crippen LogP contribution in [-0.2, 0) is 6.42 Å².